The number of methoxy groups -OCH3 is 2. The lowest BCUT2D eigenvalue weighted by molar-refractivity contribution is 0.102. The van der Waals surface area contributed by atoms with Crippen molar-refractivity contribution in [2.45, 2.75) is 0 Å². The van der Waals surface area contributed by atoms with Crippen LogP contribution >= 0.6 is 0 Å². The molecule has 0 saturated carbocycles. The molecule has 0 fully saturated rings. The van der Waals surface area contributed by atoms with Crippen LogP contribution in [0.5, 0.6) is 34.5 Å². The standard InChI is InChI=1S/C27H22O5/c1-29-21-15-9-17-23(31-19-11-5-3-6-12-19)25(21)27(28)26-22(30-2)16-10-18-24(26)32-20-13-7-4-8-14-20/h3-18H,1-2H3. The van der Waals surface area contributed by atoms with E-state index in [-0.39, 0.29) is 16.9 Å². The second-order valence-corrected chi connectivity index (χ2v) is 6.83. The van der Waals surface area contributed by atoms with Gasteiger partial charge in [-0.25, -0.2) is 0 Å². The summed E-state index contributed by atoms with van der Waals surface area (Å²) in [7, 11) is 3.03. The largest absolute Gasteiger partial charge is 0.496 e. The minimum Gasteiger partial charge on any atom is -0.496 e. The average Bonchev–Trinajstić information content (AvgIpc) is 2.84. The summed E-state index contributed by atoms with van der Waals surface area (Å²) < 4.78 is 23.1. The minimum absolute atomic E-state index is 0.279. The minimum atomic E-state index is -0.336. The molecule has 0 atom stereocenters. The lowest BCUT2D eigenvalue weighted by Crippen LogP contribution is -2.09. The van der Waals surface area contributed by atoms with Gasteiger partial charge in [0.1, 0.15) is 45.6 Å². The average molecular weight is 426 g/mol. The number of carbonyl (C=O) groups is 1. The first-order valence-corrected chi connectivity index (χ1v) is 10.1. The Morgan fingerprint density at radius 3 is 1.25 bits per heavy atom. The van der Waals surface area contributed by atoms with Gasteiger partial charge in [-0.15, -0.1) is 0 Å². The van der Waals surface area contributed by atoms with E-state index < -0.39 is 0 Å². The van der Waals surface area contributed by atoms with Gasteiger partial charge in [0, 0.05) is 0 Å². The fraction of sp³-hybridized carbons (Fsp3) is 0.0741. The fourth-order valence-electron chi connectivity index (χ4n) is 3.34. The third kappa shape index (κ3) is 4.42. The van der Waals surface area contributed by atoms with Gasteiger partial charge in [0.25, 0.3) is 0 Å². The van der Waals surface area contributed by atoms with E-state index in [4.69, 9.17) is 18.9 Å². The van der Waals surface area contributed by atoms with Crippen molar-refractivity contribution >= 4 is 5.78 Å². The van der Waals surface area contributed by atoms with Crippen molar-refractivity contribution in [3.8, 4) is 34.5 Å². The molecule has 4 aromatic rings. The van der Waals surface area contributed by atoms with Gasteiger partial charge in [-0.1, -0.05) is 48.5 Å². The summed E-state index contributed by atoms with van der Waals surface area (Å²) in [5, 5.41) is 0. The van der Waals surface area contributed by atoms with Crippen LogP contribution in [0, 0.1) is 0 Å². The first kappa shape index (κ1) is 21.0. The van der Waals surface area contributed by atoms with Crippen molar-refractivity contribution in [3.05, 3.63) is 108 Å². The molecular weight excluding hydrogens is 404 g/mol. The summed E-state index contributed by atoms with van der Waals surface area (Å²) in [6.07, 6.45) is 0. The second-order valence-electron chi connectivity index (χ2n) is 6.83. The second kappa shape index (κ2) is 9.71. The predicted octanol–water partition coefficient (Wildman–Crippen LogP) is 6.52. The topological polar surface area (TPSA) is 54.0 Å². The first-order valence-electron chi connectivity index (χ1n) is 10.1. The smallest absolute Gasteiger partial charge is 0.208 e. The molecule has 0 aromatic heterocycles. The van der Waals surface area contributed by atoms with Crippen LogP contribution in [0.25, 0.3) is 0 Å². The number of carbonyl (C=O) groups excluding carboxylic acids is 1. The van der Waals surface area contributed by atoms with Crippen LogP contribution in [-0.2, 0) is 0 Å². The Morgan fingerprint density at radius 2 is 0.875 bits per heavy atom. The molecule has 32 heavy (non-hydrogen) atoms. The Balaban J connectivity index is 1.82. The van der Waals surface area contributed by atoms with Crippen molar-refractivity contribution < 1.29 is 23.7 Å². The van der Waals surface area contributed by atoms with E-state index in [0.29, 0.717) is 34.5 Å². The van der Waals surface area contributed by atoms with Gasteiger partial charge in [-0.3, -0.25) is 4.79 Å². The number of ether oxygens (including phenoxy) is 4. The molecule has 0 unspecified atom stereocenters. The van der Waals surface area contributed by atoms with Gasteiger partial charge in [-0.2, -0.15) is 0 Å². The molecule has 0 radical (unpaired) electrons. The van der Waals surface area contributed by atoms with E-state index >= 15 is 0 Å². The summed E-state index contributed by atoms with van der Waals surface area (Å²) in [5.74, 6) is 2.40. The van der Waals surface area contributed by atoms with E-state index in [1.807, 2.05) is 60.7 Å². The van der Waals surface area contributed by atoms with E-state index in [1.54, 1.807) is 36.4 Å². The molecule has 4 rings (SSSR count). The monoisotopic (exact) mass is 426 g/mol. The summed E-state index contributed by atoms with van der Waals surface area (Å²) >= 11 is 0. The molecule has 160 valence electrons. The van der Waals surface area contributed by atoms with Crippen molar-refractivity contribution in [2.75, 3.05) is 14.2 Å². The summed E-state index contributed by atoms with van der Waals surface area (Å²) in [6.45, 7) is 0. The van der Waals surface area contributed by atoms with Gasteiger partial charge < -0.3 is 18.9 Å². The SMILES string of the molecule is COc1cccc(Oc2ccccc2)c1C(=O)c1c(OC)cccc1Oc1ccccc1. The Kier molecular flexibility index (Phi) is 6.37. The van der Waals surface area contributed by atoms with E-state index in [2.05, 4.69) is 0 Å². The highest BCUT2D eigenvalue weighted by Crippen LogP contribution is 2.39. The number of ketones is 1. The van der Waals surface area contributed by atoms with Crippen LogP contribution in [0.2, 0.25) is 0 Å². The van der Waals surface area contributed by atoms with Gasteiger partial charge >= 0.3 is 0 Å². The Morgan fingerprint density at radius 1 is 0.500 bits per heavy atom. The van der Waals surface area contributed by atoms with E-state index in [0.717, 1.165) is 0 Å². The molecule has 5 nitrogen and oxygen atoms in total. The van der Waals surface area contributed by atoms with Crippen molar-refractivity contribution in [1.29, 1.82) is 0 Å². The number of para-hydroxylation sites is 2. The lowest BCUT2D eigenvalue weighted by Gasteiger charge is -2.17. The maximum atomic E-state index is 13.9. The molecule has 0 aliphatic heterocycles. The highest BCUT2D eigenvalue weighted by molar-refractivity contribution is 6.15. The molecule has 0 amide bonds. The molecule has 0 N–H and O–H groups in total. The maximum absolute atomic E-state index is 13.9. The molecule has 5 heteroatoms. The maximum Gasteiger partial charge on any atom is 0.208 e. The zero-order chi connectivity index (χ0) is 22.3. The highest BCUT2D eigenvalue weighted by atomic mass is 16.5. The van der Waals surface area contributed by atoms with Crippen molar-refractivity contribution in [2.24, 2.45) is 0 Å². The molecular formula is C27H22O5. The van der Waals surface area contributed by atoms with E-state index in [1.165, 1.54) is 14.2 Å². The van der Waals surface area contributed by atoms with Gasteiger partial charge in [0.05, 0.1) is 14.2 Å². The summed E-state index contributed by atoms with van der Waals surface area (Å²) in [4.78, 5) is 13.9. The first-order chi connectivity index (χ1) is 15.7. The third-order valence-electron chi connectivity index (χ3n) is 4.81. The zero-order valence-corrected chi connectivity index (χ0v) is 17.8. The Hall–Kier alpha value is -4.25. The van der Waals surface area contributed by atoms with Crippen LogP contribution in [0.4, 0.5) is 0 Å². The van der Waals surface area contributed by atoms with Crippen LogP contribution in [-0.4, -0.2) is 20.0 Å². The van der Waals surface area contributed by atoms with Gasteiger partial charge in [0.15, 0.2) is 0 Å². The highest BCUT2D eigenvalue weighted by Gasteiger charge is 2.27. The quantitative estimate of drug-likeness (QED) is 0.300. The molecule has 0 aliphatic carbocycles. The lowest BCUT2D eigenvalue weighted by atomic mass is 9.99. The van der Waals surface area contributed by atoms with E-state index in [9.17, 15) is 4.79 Å². The van der Waals surface area contributed by atoms with Crippen molar-refractivity contribution in [3.63, 3.8) is 0 Å². The normalized spacial score (nSPS) is 10.3. The van der Waals surface area contributed by atoms with Crippen LogP contribution < -0.4 is 18.9 Å². The fourth-order valence-corrected chi connectivity index (χ4v) is 3.34. The predicted molar refractivity (Wildman–Crippen MR) is 122 cm³/mol. The van der Waals surface area contributed by atoms with Crippen LogP contribution in [0.3, 0.4) is 0 Å². The molecule has 4 aromatic carbocycles. The van der Waals surface area contributed by atoms with Crippen LogP contribution in [0.15, 0.2) is 97.1 Å². The number of benzene rings is 4. The number of hydrogen-bond acceptors (Lipinski definition) is 5. The molecule has 0 aliphatic rings. The molecule has 0 heterocycles. The van der Waals surface area contributed by atoms with Crippen molar-refractivity contribution in [1.82, 2.24) is 0 Å². The molecule has 0 bridgehead atoms. The third-order valence-corrected chi connectivity index (χ3v) is 4.81. The molecule has 0 spiro atoms. The molecule has 0 saturated heterocycles. The number of hydrogen-bond donors (Lipinski definition) is 0. The Labute approximate surface area is 186 Å². The van der Waals surface area contributed by atoms with Gasteiger partial charge in [0.2, 0.25) is 5.78 Å². The summed E-state index contributed by atoms with van der Waals surface area (Å²) in [6, 6.07) is 29.0. The Bertz CT molecular complexity index is 1110. The number of rotatable bonds is 8. The van der Waals surface area contributed by atoms with Crippen LogP contribution in [0.1, 0.15) is 15.9 Å². The summed E-state index contributed by atoms with van der Waals surface area (Å²) in [5.41, 5.74) is 0.558. The van der Waals surface area contributed by atoms with Gasteiger partial charge in [-0.05, 0) is 48.5 Å². The zero-order valence-electron chi connectivity index (χ0n) is 17.8.